The van der Waals surface area contributed by atoms with Crippen LogP contribution >= 0.6 is 11.3 Å². The molecule has 5 nitrogen and oxygen atoms in total. The van der Waals surface area contributed by atoms with Crippen LogP contribution in [0, 0.1) is 6.92 Å². The molecule has 0 bridgehead atoms. The van der Waals surface area contributed by atoms with Gasteiger partial charge in [0.05, 0.1) is 12.1 Å². The summed E-state index contributed by atoms with van der Waals surface area (Å²) in [4.78, 5) is 30.7. The molecule has 1 aliphatic heterocycles. The van der Waals surface area contributed by atoms with E-state index in [1.807, 2.05) is 34.5 Å². The van der Waals surface area contributed by atoms with Crippen molar-refractivity contribution in [2.24, 2.45) is 0 Å². The molecule has 4 rings (SSSR count). The number of aryl methyl sites for hydroxylation is 1. The van der Waals surface area contributed by atoms with E-state index in [4.69, 9.17) is 0 Å². The monoisotopic (exact) mass is 405 g/mol. The first-order valence-corrected chi connectivity index (χ1v) is 10.6. The van der Waals surface area contributed by atoms with E-state index in [0.717, 1.165) is 40.5 Å². The van der Waals surface area contributed by atoms with Crippen molar-refractivity contribution in [1.29, 1.82) is 0 Å². The second kappa shape index (κ2) is 8.57. The second-order valence-corrected chi connectivity index (χ2v) is 8.21. The van der Waals surface area contributed by atoms with Crippen LogP contribution in [0.15, 0.2) is 53.9 Å². The Morgan fingerprint density at radius 2 is 2.03 bits per heavy atom. The Kier molecular flexibility index (Phi) is 5.71. The maximum atomic E-state index is 12.5. The van der Waals surface area contributed by atoms with E-state index in [-0.39, 0.29) is 18.2 Å². The number of anilines is 1. The molecule has 1 aromatic heterocycles. The minimum Gasteiger partial charge on any atom is -0.338 e. The molecule has 6 heteroatoms. The van der Waals surface area contributed by atoms with E-state index in [2.05, 4.69) is 41.5 Å². The number of nitrogens with one attached hydrogen (secondary N) is 1. The van der Waals surface area contributed by atoms with Crippen LogP contribution in [0.4, 0.5) is 5.69 Å². The van der Waals surface area contributed by atoms with Crippen LogP contribution in [0.2, 0.25) is 0 Å². The van der Waals surface area contributed by atoms with Gasteiger partial charge in [0, 0.05) is 36.1 Å². The highest BCUT2D eigenvalue weighted by atomic mass is 32.1. The number of amides is 2. The fraction of sp³-hybridized carbons (Fsp3) is 0.261. The summed E-state index contributed by atoms with van der Waals surface area (Å²) in [5.74, 6) is 0.104. The summed E-state index contributed by atoms with van der Waals surface area (Å²) >= 11 is 1.55. The SMILES string of the molecule is Cc1ccc(-c2nc(CC(=O)Nc3cccc(CN4CCCC4=O)c3)cs2)cc1. The fourth-order valence-electron chi connectivity index (χ4n) is 3.43. The largest absolute Gasteiger partial charge is 0.338 e. The molecule has 2 heterocycles. The maximum absolute atomic E-state index is 12.5. The Balaban J connectivity index is 1.37. The maximum Gasteiger partial charge on any atom is 0.230 e. The van der Waals surface area contributed by atoms with Crippen molar-refractivity contribution in [2.45, 2.75) is 32.7 Å². The molecule has 2 aromatic carbocycles. The number of nitrogens with zero attached hydrogens (tertiary/aromatic N) is 2. The summed E-state index contributed by atoms with van der Waals surface area (Å²) in [6.45, 7) is 3.45. The molecular weight excluding hydrogens is 382 g/mol. The number of hydrogen-bond donors (Lipinski definition) is 1. The molecule has 0 saturated carbocycles. The average molecular weight is 406 g/mol. The molecule has 1 saturated heterocycles. The standard InChI is InChI=1S/C23H23N3O2S/c1-16-7-9-18(10-8-16)23-25-20(15-29-23)13-21(27)24-19-5-2-4-17(12-19)14-26-11-3-6-22(26)28/h2,4-5,7-10,12,15H,3,6,11,13-14H2,1H3,(H,24,27). The Labute approximate surface area is 174 Å². The lowest BCUT2D eigenvalue weighted by atomic mass is 10.1. The van der Waals surface area contributed by atoms with Crippen LogP contribution < -0.4 is 5.32 Å². The molecule has 3 aromatic rings. The van der Waals surface area contributed by atoms with E-state index < -0.39 is 0 Å². The summed E-state index contributed by atoms with van der Waals surface area (Å²) in [6.07, 6.45) is 1.79. The van der Waals surface area contributed by atoms with E-state index in [9.17, 15) is 9.59 Å². The van der Waals surface area contributed by atoms with Crippen LogP contribution in [0.25, 0.3) is 10.6 Å². The van der Waals surface area contributed by atoms with Gasteiger partial charge in [0.15, 0.2) is 0 Å². The van der Waals surface area contributed by atoms with Gasteiger partial charge < -0.3 is 10.2 Å². The molecule has 0 aliphatic carbocycles. The van der Waals surface area contributed by atoms with E-state index in [1.54, 1.807) is 11.3 Å². The van der Waals surface area contributed by atoms with Gasteiger partial charge in [-0.25, -0.2) is 4.98 Å². The van der Waals surface area contributed by atoms with Crippen LogP contribution in [-0.4, -0.2) is 28.2 Å². The van der Waals surface area contributed by atoms with E-state index >= 15 is 0 Å². The number of aromatic nitrogens is 1. The van der Waals surface area contributed by atoms with Crippen LogP contribution in [0.1, 0.15) is 29.7 Å². The smallest absolute Gasteiger partial charge is 0.230 e. The Hall–Kier alpha value is -2.99. The number of thiazole rings is 1. The van der Waals surface area contributed by atoms with Gasteiger partial charge in [-0.3, -0.25) is 9.59 Å². The topological polar surface area (TPSA) is 62.3 Å². The number of likely N-dealkylation sites (tertiary alicyclic amines) is 1. The normalized spacial score (nSPS) is 13.7. The van der Waals surface area contributed by atoms with Crippen molar-refractivity contribution in [1.82, 2.24) is 9.88 Å². The lowest BCUT2D eigenvalue weighted by molar-refractivity contribution is -0.128. The lowest BCUT2D eigenvalue weighted by Gasteiger charge is -2.16. The molecule has 0 spiro atoms. The van der Waals surface area contributed by atoms with Gasteiger partial charge >= 0.3 is 0 Å². The number of benzene rings is 2. The molecule has 1 N–H and O–H groups in total. The Morgan fingerprint density at radius 3 is 2.79 bits per heavy atom. The minimum atomic E-state index is -0.0971. The summed E-state index contributed by atoms with van der Waals surface area (Å²) in [5.41, 5.74) is 4.81. The van der Waals surface area contributed by atoms with Gasteiger partial charge in [0.25, 0.3) is 0 Å². The lowest BCUT2D eigenvalue weighted by Crippen LogP contribution is -2.23. The van der Waals surface area contributed by atoms with Gasteiger partial charge in [-0.05, 0) is 31.0 Å². The third-order valence-electron chi connectivity index (χ3n) is 4.95. The van der Waals surface area contributed by atoms with Crippen LogP contribution in [0.5, 0.6) is 0 Å². The Bertz CT molecular complexity index is 1030. The quantitative estimate of drug-likeness (QED) is 0.660. The molecule has 148 valence electrons. The minimum absolute atomic E-state index is 0.0971. The molecule has 0 radical (unpaired) electrons. The summed E-state index contributed by atoms with van der Waals surface area (Å²) in [5, 5.41) is 5.80. The highest BCUT2D eigenvalue weighted by Gasteiger charge is 2.20. The van der Waals surface area contributed by atoms with Crippen molar-refractivity contribution in [3.63, 3.8) is 0 Å². The predicted molar refractivity (Wildman–Crippen MR) is 116 cm³/mol. The third kappa shape index (κ3) is 4.90. The van der Waals surface area contributed by atoms with Crippen molar-refractivity contribution in [2.75, 3.05) is 11.9 Å². The van der Waals surface area contributed by atoms with Crippen molar-refractivity contribution in [3.05, 3.63) is 70.7 Å². The van der Waals surface area contributed by atoms with Gasteiger partial charge in [-0.2, -0.15) is 0 Å². The Morgan fingerprint density at radius 1 is 1.21 bits per heavy atom. The van der Waals surface area contributed by atoms with Crippen LogP contribution in [-0.2, 0) is 22.6 Å². The molecule has 1 fully saturated rings. The molecule has 0 unspecified atom stereocenters. The van der Waals surface area contributed by atoms with Gasteiger partial charge in [0.1, 0.15) is 5.01 Å². The van der Waals surface area contributed by atoms with Gasteiger partial charge in [-0.15, -0.1) is 11.3 Å². The van der Waals surface area contributed by atoms with Crippen molar-refractivity contribution >= 4 is 28.8 Å². The van der Waals surface area contributed by atoms with E-state index in [1.165, 1.54) is 5.56 Å². The zero-order valence-electron chi connectivity index (χ0n) is 16.4. The van der Waals surface area contributed by atoms with E-state index in [0.29, 0.717) is 13.0 Å². The molecule has 29 heavy (non-hydrogen) atoms. The molecular formula is C23H23N3O2S. The number of carbonyl (C=O) groups is 2. The average Bonchev–Trinajstić information content (AvgIpc) is 3.32. The summed E-state index contributed by atoms with van der Waals surface area (Å²) in [6, 6.07) is 15.9. The first kappa shape index (κ1) is 19.3. The number of rotatable bonds is 6. The van der Waals surface area contributed by atoms with Crippen LogP contribution in [0.3, 0.4) is 0 Å². The zero-order valence-corrected chi connectivity index (χ0v) is 17.2. The van der Waals surface area contributed by atoms with Crippen molar-refractivity contribution < 1.29 is 9.59 Å². The highest BCUT2D eigenvalue weighted by molar-refractivity contribution is 7.13. The molecule has 2 amide bonds. The summed E-state index contributed by atoms with van der Waals surface area (Å²) < 4.78 is 0. The molecule has 1 aliphatic rings. The summed E-state index contributed by atoms with van der Waals surface area (Å²) in [7, 11) is 0. The molecule has 0 atom stereocenters. The van der Waals surface area contributed by atoms with Gasteiger partial charge in [-0.1, -0.05) is 42.0 Å². The van der Waals surface area contributed by atoms with Gasteiger partial charge in [0.2, 0.25) is 11.8 Å². The first-order valence-electron chi connectivity index (χ1n) is 9.75. The number of carbonyl (C=O) groups excluding carboxylic acids is 2. The zero-order chi connectivity index (χ0) is 20.2. The second-order valence-electron chi connectivity index (χ2n) is 7.35. The number of hydrogen-bond acceptors (Lipinski definition) is 4. The first-order chi connectivity index (χ1) is 14.1. The fourth-order valence-corrected chi connectivity index (χ4v) is 4.25. The third-order valence-corrected chi connectivity index (χ3v) is 5.89. The highest BCUT2D eigenvalue weighted by Crippen LogP contribution is 2.24. The predicted octanol–water partition coefficient (Wildman–Crippen LogP) is 4.42. The van der Waals surface area contributed by atoms with Crippen molar-refractivity contribution in [3.8, 4) is 10.6 Å².